The lowest BCUT2D eigenvalue weighted by molar-refractivity contribution is 0.0689. The van der Waals surface area contributed by atoms with Crippen molar-refractivity contribution in [2.45, 2.75) is 19.4 Å². The lowest BCUT2D eigenvalue weighted by atomic mass is 9.96. The Morgan fingerprint density at radius 3 is 2.45 bits per heavy atom. The van der Waals surface area contributed by atoms with E-state index in [1.54, 1.807) is 19.9 Å². The number of benzene rings is 1. The van der Waals surface area contributed by atoms with Gasteiger partial charge in [-0.1, -0.05) is 12.1 Å². The number of anilines is 2. The van der Waals surface area contributed by atoms with Gasteiger partial charge in [0.05, 0.1) is 23.6 Å². The minimum Gasteiger partial charge on any atom is -0.476 e. The molecule has 150 valence electrons. The SMILES string of the molecule is CC(C)(O)c1ccc(-c2cc(C(N)=O)c(Nc3cnc(C(=O)O)cn3)s2)c(F)c1. The summed E-state index contributed by atoms with van der Waals surface area (Å²) in [6.45, 7) is 3.10. The van der Waals surface area contributed by atoms with Crippen LogP contribution in [0.15, 0.2) is 36.7 Å². The second-order valence-corrected chi connectivity index (χ2v) is 7.74. The number of primary amides is 1. The van der Waals surface area contributed by atoms with Crippen LogP contribution >= 0.6 is 11.3 Å². The number of hydrogen-bond acceptors (Lipinski definition) is 7. The Bertz CT molecular complexity index is 1090. The van der Waals surface area contributed by atoms with Gasteiger partial charge in [0.25, 0.3) is 5.91 Å². The zero-order valence-corrected chi connectivity index (χ0v) is 16.2. The standard InChI is InChI=1S/C19H17FN4O4S/c1-19(2,28)9-3-4-10(12(20)5-9)14-6-11(16(21)25)17(29-14)24-15-8-22-13(7-23-15)18(26)27/h3-8,28H,1-2H3,(H2,21,25)(H,23,24)(H,26,27). The van der Waals surface area contributed by atoms with Crippen molar-refractivity contribution in [2.75, 3.05) is 5.32 Å². The van der Waals surface area contributed by atoms with Gasteiger partial charge in [-0.25, -0.2) is 19.2 Å². The minimum absolute atomic E-state index is 0.125. The van der Waals surface area contributed by atoms with Crippen molar-refractivity contribution in [1.29, 1.82) is 0 Å². The molecule has 2 aromatic heterocycles. The number of rotatable bonds is 6. The highest BCUT2D eigenvalue weighted by molar-refractivity contribution is 7.19. The Kier molecular flexibility index (Phi) is 5.31. The molecule has 3 rings (SSSR count). The van der Waals surface area contributed by atoms with E-state index < -0.39 is 23.3 Å². The number of nitrogens with one attached hydrogen (secondary N) is 1. The van der Waals surface area contributed by atoms with Crippen LogP contribution in [0.2, 0.25) is 0 Å². The van der Waals surface area contributed by atoms with Crippen LogP contribution in [0, 0.1) is 5.82 Å². The molecule has 1 aromatic carbocycles. The maximum atomic E-state index is 14.6. The van der Waals surface area contributed by atoms with Gasteiger partial charge in [-0.15, -0.1) is 11.3 Å². The molecular formula is C19H17FN4O4S. The third-order valence-corrected chi connectivity index (χ3v) is 5.13. The van der Waals surface area contributed by atoms with Crippen LogP contribution in [0.4, 0.5) is 15.2 Å². The van der Waals surface area contributed by atoms with Gasteiger partial charge in [0.2, 0.25) is 0 Å². The van der Waals surface area contributed by atoms with E-state index in [-0.39, 0.29) is 22.6 Å². The van der Waals surface area contributed by atoms with Crippen LogP contribution in [0.3, 0.4) is 0 Å². The number of nitrogens with zero attached hydrogens (tertiary/aromatic N) is 2. The van der Waals surface area contributed by atoms with Crippen LogP contribution in [-0.2, 0) is 5.60 Å². The molecule has 8 nitrogen and oxygen atoms in total. The fourth-order valence-electron chi connectivity index (χ4n) is 2.51. The minimum atomic E-state index is -1.22. The van der Waals surface area contributed by atoms with Crippen molar-refractivity contribution in [3.63, 3.8) is 0 Å². The van der Waals surface area contributed by atoms with Crippen molar-refractivity contribution in [3.8, 4) is 10.4 Å². The fourth-order valence-corrected chi connectivity index (χ4v) is 3.61. The fraction of sp³-hybridized carbons (Fsp3) is 0.158. The lowest BCUT2D eigenvalue weighted by Gasteiger charge is -2.18. The van der Waals surface area contributed by atoms with Crippen molar-refractivity contribution >= 4 is 34.0 Å². The van der Waals surface area contributed by atoms with Gasteiger partial charge in [-0.3, -0.25) is 4.79 Å². The van der Waals surface area contributed by atoms with E-state index >= 15 is 0 Å². The number of carbonyl (C=O) groups excluding carboxylic acids is 1. The highest BCUT2D eigenvalue weighted by Gasteiger charge is 2.21. The van der Waals surface area contributed by atoms with E-state index in [0.717, 1.165) is 17.5 Å². The first-order valence-electron chi connectivity index (χ1n) is 8.35. The quantitative estimate of drug-likeness (QED) is 0.484. The third kappa shape index (κ3) is 4.39. The summed E-state index contributed by atoms with van der Waals surface area (Å²) < 4.78 is 14.6. The molecule has 3 aromatic rings. The van der Waals surface area contributed by atoms with Gasteiger partial charge in [-0.05, 0) is 31.5 Å². The number of hydrogen-bond donors (Lipinski definition) is 4. The first-order valence-corrected chi connectivity index (χ1v) is 9.16. The van der Waals surface area contributed by atoms with E-state index in [2.05, 4.69) is 15.3 Å². The number of carboxylic acid groups (broad SMARTS) is 1. The summed E-state index contributed by atoms with van der Waals surface area (Å²) in [5.74, 6) is -2.30. The Morgan fingerprint density at radius 2 is 1.93 bits per heavy atom. The summed E-state index contributed by atoms with van der Waals surface area (Å²) in [5.41, 5.74) is 4.79. The summed E-state index contributed by atoms with van der Waals surface area (Å²) in [6, 6.07) is 5.81. The number of nitrogens with two attached hydrogens (primary N) is 1. The molecule has 1 amide bonds. The lowest BCUT2D eigenvalue weighted by Crippen LogP contribution is -2.15. The van der Waals surface area contributed by atoms with Crippen LogP contribution in [-0.4, -0.2) is 32.1 Å². The van der Waals surface area contributed by atoms with Gasteiger partial charge in [0, 0.05) is 10.4 Å². The Balaban J connectivity index is 1.97. The summed E-state index contributed by atoms with van der Waals surface area (Å²) >= 11 is 1.08. The maximum Gasteiger partial charge on any atom is 0.356 e. The summed E-state index contributed by atoms with van der Waals surface area (Å²) in [4.78, 5) is 30.8. The Labute approximate surface area is 168 Å². The molecule has 0 saturated heterocycles. The molecule has 0 aliphatic carbocycles. The number of aliphatic hydroxyl groups is 1. The van der Waals surface area contributed by atoms with Crippen LogP contribution < -0.4 is 11.1 Å². The number of halogens is 1. The predicted octanol–water partition coefficient (Wildman–Crippen LogP) is 3.11. The predicted molar refractivity (Wildman–Crippen MR) is 106 cm³/mol. The molecule has 0 atom stereocenters. The van der Waals surface area contributed by atoms with Crippen molar-refractivity contribution in [3.05, 3.63) is 59.3 Å². The van der Waals surface area contributed by atoms with Crippen LogP contribution in [0.25, 0.3) is 10.4 Å². The second kappa shape index (κ2) is 7.57. The van der Waals surface area contributed by atoms with Gasteiger partial charge in [-0.2, -0.15) is 0 Å². The van der Waals surface area contributed by atoms with Gasteiger partial charge in [0.15, 0.2) is 5.69 Å². The zero-order chi connectivity index (χ0) is 21.3. The molecule has 0 fully saturated rings. The Hall–Kier alpha value is -3.37. The van der Waals surface area contributed by atoms with Crippen LogP contribution in [0.5, 0.6) is 0 Å². The average Bonchev–Trinajstić information content (AvgIpc) is 3.05. The largest absolute Gasteiger partial charge is 0.476 e. The molecule has 5 N–H and O–H groups in total. The molecule has 0 spiro atoms. The number of aromatic nitrogens is 2. The average molecular weight is 416 g/mol. The number of carboxylic acids is 1. The number of aromatic carboxylic acids is 1. The molecule has 0 bridgehead atoms. The first kappa shape index (κ1) is 20.4. The molecule has 2 heterocycles. The van der Waals surface area contributed by atoms with Crippen molar-refractivity contribution in [2.24, 2.45) is 5.73 Å². The molecule has 0 saturated carbocycles. The molecule has 0 radical (unpaired) electrons. The molecule has 0 aliphatic heterocycles. The molecule has 0 aliphatic rings. The Morgan fingerprint density at radius 1 is 1.21 bits per heavy atom. The van der Waals surface area contributed by atoms with Gasteiger partial charge in [0.1, 0.15) is 16.6 Å². The molecule has 0 unspecified atom stereocenters. The van der Waals surface area contributed by atoms with E-state index in [9.17, 15) is 19.1 Å². The van der Waals surface area contributed by atoms with Gasteiger partial charge < -0.3 is 21.3 Å². The molecular weight excluding hydrogens is 399 g/mol. The van der Waals surface area contributed by atoms with E-state index in [1.807, 2.05) is 0 Å². The maximum absolute atomic E-state index is 14.6. The summed E-state index contributed by atoms with van der Waals surface area (Å²) in [7, 11) is 0. The topological polar surface area (TPSA) is 138 Å². The van der Waals surface area contributed by atoms with E-state index in [1.165, 1.54) is 24.4 Å². The summed E-state index contributed by atoms with van der Waals surface area (Å²) in [6.07, 6.45) is 2.27. The summed E-state index contributed by atoms with van der Waals surface area (Å²) in [5, 5.41) is 22.1. The van der Waals surface area contributed by atoms with E-state index in [4.69, 9.17) is 10.8 Å². The van der Waals surface area contributed by atoms with Gasteiger partial charge >= 0.3 is 5.97 Å². The number of amides is 1. The zero-order valence-electron chi connectivity index (χ0n) is 15.4. The first-order chi connectivity index (χ1) is 13.6. The normalized spacial score (nSPS) is 11.3. The third-order valence-electron chi connectivity index (χ3n) is 4.05. The molecule has 29 heavy (non-hydrogen) atoms. The van der Waals surface area contributed by atoms with Crippen LogP contribution in [0.1, 0.15) is 40.3 Å². The smallest absolute Gasteiger partial charge is 0.356 e. The monoisotopic (exact) mass is 416 g/mol. The highest BCUT2D eigenvalue weighted by Crippen LogP contribution is 2.38. The number of thiophene rings is 1. The molecule has 10 heteroatoms. The second-order valence-electron chi connectivity index (χ2n) is 6.69. The highest BCUT2D eigenvalue weighted by atomic mass is 32.1. The van der Waals surface area contributed by atoms with E-state index in [0.29, 0.717) is 15.4 Å². The number of carbonyl (C=O) groups is 2. The van der Waals surface area contributed by atoms with Crippen molar-refractivity contribution < 1.29 is 24.2 Å². The van der Waals surface area contributed by atoms with Crippen molar-refractivity contribution in [1.82, 2.24) is 9.97 Å².